The number of anilines is 3. The van der Waals surface area contributed by atoms with Crippen LogP contribution >= 0.6 is 11.6 Å². The molecule has 2 N–H and O–H groups in total. The molecule has 1 aromatic carbocycles. The molecule has 1 aromatic heterocycles. The minimum atomic E-state index is -0.372. The van der Waals surface area contributed by atoms with Crippen LogP contribution in [0.15, 0.2) is 35.3 Å². The molecule has 2 heterocycles. The molecular weight excluding hydrogens is 318 g/mol. The molecule has 120 valence electrons. The summed E-state index contributed by atoms with van der Waals surface area (Å²) in [5.41, 5.74) is 1.55. The first-order valence-electron chi connectivity index (χ1n) is 7.20. The average molecular weight is 334 g/mol. The Hall–Kier alpha value is -2.54. The Labute approximate surface area is 137 Å². The van der Waals surface area contributed by atoms with Crippen LogP contribution in [-0.4, -0.2) is 28.9 Å². The summed E-state index contributed by atoms with van der Waals surface area (Å²) >= 11 is 6.05. The first kappa shape index (κ1) is 15.4. The minimum Gasteiger partial charge on any atom is -0.353 e. The van der Waals surface area contributed by atoms with E-state index in [1.807, 2.05) is 24.3 Å². The number of carbonyl (C=O) groups excluding carboxylic acids is 1. The molecule has 0 spiro atoms. The standard InChI is InChI=1S/C15H16ClN5O2/c1-20-14(22)13(16)12(9-18-20)19-10-4-2-5-11(8-10)21-7-3-6-17-15(21)23/h2,4-5,8-9,19H,3,6-7H2,1H3,(H,17,23). The van der Waals surface area contributed by atoms with Gasteiger partial charge in [-0.1, -0.05) is 17.7 Å². The fraction of sp³-hybridized carbons (Fsp3) is 0.267. The highest BCUT2D eigenvalue weighted by Gasteiger charge is 2.19. The molecule has 1 aliphatic rings. The van der Waals surface area contributed by atoms with Crippen LogP contribution in [0, 0.1) is 0 Å². The number of benzene rings is 1. The van der Waals surface area contributed by atoms with Crippen LogP contribution in [0.2, 0.25) is 5.02 Å². The Morgan fingerprint density at radius 1 is 1.35 bits per heavy atom. The first-order chi connectivity index (χ1) is 11.1. The van der Waals surface area contributed by atoms with Crippen LogP contribution in [0.5, 0.6) is 0 Å². The number of urea groups is 1. The van der Waals surface area contributed by atoms with Gasteiger partial charge in [0.1, 0.15) is 5.02 Å². The lowest BCUT2D eigenvalue weighted by atomic mass is 10.2. The van der Waals surface area contributed by atoms with Crippen molar-refractivity contribution in [2.45, 2.75) is 6.42 Å². The Bertz CT molecular complexity index is 805. The van der Waals surface area contributed by atoms with E-state index in [2.05, 4.69) is 15.7 Å². The smallest absolute Gasteiger partial charge is 0.321 e. The largest absolute Gasteiger partial charge is 0.353 e. The van der Waals surface area contributed by atoms with E-state index in [-0.39, 0.29) is 16.6 Å². The summed E-state index contributed by atoms with van der Waals surface area (Å²) in [5.74, 6) is 0. The van der Waals surface area contributed by atoms with Crippen molar-refractivity contribution in [1.29, 1.82) is 0 Å². The Balaban J connectivity index is 1.87. The molecule has 0 saturated carbocycles. The average Bonchev–Trinajstić information content (AvgIpc) is 2.56. The molecule has 7 nitrogen and oxygen atoms in total. The molecule has 1 aliphatic heterocycles. The van der Waals surface area contributed by atoms with Gasteiger partial charge in [-0.05, 0) is 24.6 Å². The second-order valence-corrected chi connectivity index (χ2v) is 5.59. The Morgan fingerprint density at radius 3 is 2.96 bits per heavy atom. The molecule has 0 atom stereocenters. The highest BCUT2D eigenvalue weighted by Crippen LogP contribution is 2.25. The van der Waals surface area contributed by atoms with Gasteiger partial charge in [0.2, 0.25) is 0 Å². The maximum absolute atomic E-state index is 11.9. The fourth-order valence-corrected chi connectivity index (χ4v) is 2.60. The van der Waals surface area contributed by atoms with Crippen molar-refractivity contribution >= 4 is 34.7 Å². The van der Waals surface area contributed by atoms with Crippen molar-refractivity contribution in [1.82, 2.24) is 15.1 Å². The Kier molecular flexibility index (Phi) is 4.20. The van der Waals surface area contributed by atoms with Crippen LogP contribution in [-0.2, 0) is 7.05 Å². The summed E-state index contributed by atoms with van der Waals surface area (Å²) < 4.78 is 1.17. The van der Waals surface area contributed by atoms with Gasteiger partial charge in [0, 0.05) is 31.5 Å². The molecule has 1 fully saturated rings. The normalized spacial score (nSPS) is 14.5. The van der Waals surface area contributed by atoms with Gasteiger partial charge in [-0.15, -0.1) is 0 Å². The van der Waals surface area contributed by atoms with Gasteiger partial charge in [0.15, 0.2) is 0 Å². The SMILES string of the molecule is Cn1ncc(Nc2cccc(N3CCCNC3=O)c2)c(Cl)c1=O. The zero-order chi connectivity index (χ0) is 16.4. The van der Waals surface area contributed by atoms with Crippen molar-refractivity contribution < 1.29 is 4.79 Å². The van der Waals surface area contributed by atoms with E-state index >= 15 is 0 Å². The number of hydrogen-bond donors (Lipinski definition) is 2. The summed E-state index contributed by atoms with van der Waals surface area (Å²) in [5, 5.41) is 9.90. The number of rotatable bonds is 3. The first-order valence-corrected chi connectivity index (χ1v) is 7.58. The van der Waals surface area contributed by atoms with Gasteiger partial charge in [0.25, 0.3) is 5.56 Å². The van der Waals surface area contributed by atoms with Gasteiger partial charge in [-0.25, -0.2) is 9.48 Å². The minimum absolute atomic E-state index is 0.0728. The molecule has 2 aromatic rings. The lowest BCUT2D eigenvalue weighted by Gasteiger charge is -2.27. The number of carbonyl (C=O) groups is 1. The molecule has 8 heteroatoms. The number of aromatic nitrogens is 2. The summed E-state index contributed by atoms with van der Waals surface area (Å²) in [6.07, 6.45) is 2.39. The third kappa shape index (κ3) is 3.14. The third-order valence-electron chi connectivity index (χ3n) is 3.59. The third-order valence-corrected chi connectivity index (χ3v) is 3.96. The number of nitrogens with one attached hydrogen (secondary N) is 2. The van der Waals surface area contributed by atoms with Crippen molar-refractivity contribution in [3.05, 3.63) is 45.8 Å². The molecule has 0 unspecified atom stereocenters. The van der Waals surface area contributed by atoms with E-state index < -0.39 is 0 Å². The van der Waals surface area contributed by atoms with Crippen molar-refractivity contribution in [3.63, 3.8) is 0 Å². The van der Waals surface area contributed by atoms with Crippen LogP contribution < -0.4 is 21.1 Å². The van der Waals surface area contributed by atoms with Crippen LogP contribution in [0.4, 0.5) is 21.9 Å². The molecule has 1 saturated heterocycles. The van der Waals surface area contributed by atoms with Gasteiger partial charge in [0.05, 0.1) is 11.9 Å². The van der Waals surface area contributed by atoms with Crippen LogP contribution in [0.1, 0.15) is 6.42 Å². The lowest BCUT2D eigenvalue weighted by Crippen LogP contribution is -2.46. The van der Waals surface area contributed by atoms with E-state index in [1.165, 1.54) is 17.9 Å². The van der Waals surface area contributed by atoms with Crippen molar-refractivity contribution in [2.24, 2.45) is 7.05 Å². The maximum Gasteiger partial charge on any atom is 0.321 e. The molecular formula is C15H16ClN5O2. The van der Waals surface area contributed by atoms with E-state index in [0.717, 1.165) is 17.8 Å². The van der Waals surface area contributed by atoms with Gasteiger partial charge in [-0.2, -0.15) is 5.10 Å². The highest BCUT2D eigenvalue weighted by molar-refractivity contribution is 6.33. The molecule has 0 radical (unpaired) electrons. The predicted octanol–water partition coefficient (Wildman–Crippen LogP) is 2.10. The van der Waals surface area contributed by atoms with Gasteiger partial charge < -0.3 is 10.6 Å². The molecule has 2 amide bonds. The molecule has 0 bridgehead atoms. The quantitative estimate of drug-likeness (QED) is 0.901. The fourth-order valence-electron chi connectivity index (χ4n) is 2.38. The second kappa shape index (κ2) is 6.29. The summed E-state index contributed by atoms with van der Waals surface area (Å²) in [4.78, 5) is 25.4. The molecule has 23 heavy (non-hydrogen) atoms. The second-order valence-electron chi connectivity index (χ2n) is 5.21. The maximum atomic E-state index is 11.9. The van der Waals surface area contributed by atoms with Crippen molar-refractivity contribution in [3.8, 4) is 0 Å². The zero-order valence-corrected chi connectivity index (χ0v) is 13.3. The van der Waals surface area contributed by atoms with E-state index in [0.29, 0.717) is 18.8 Å². The number of hydrogen-bond acceptors (Lipinski definition) is 4. The van der Waals surface area contributed by atoms with Crippen molar-refractivity contribution in [2.75, 3.05) is 23.3 Å². The lowest BCUT2D eigenvalue weighted by molar-refractivity contribution is 0.243. The summed E-state index contributed by atoms with van der Waals surface area (Å²) in [6.45, 7) is 1.37. The monoisotopic (exact) mass is 333 g/mol. The van der Waals surface area contributed by atoms with Crippen LogP contribution in [0.3, 0.4) is 0 Å². The van der Waals surface area contributed by atoms with Gasteiger partial charge in [-0.3, -0.25) is 9.69 Å². The summed E-state index contributed by atoms with van der Waals surface area (Å²) in [6, 6.07) is 7.25. The number of amides is 2. The van der Waals surface area contributed by atoms with Crippen LogP contribution in [0.25, 0.3) is 0 Å². The predicted molar refractivity (Wildman–Crippen MR) is 89.6 cm³/mol. The van der Waals surface area contributed by atoms with Gasteiger partial charge >= 0.3 is 6.03 Å². The Morgan fingerprint density at radius 2 is 2.17 bits per heavy atom. The van der Waals surface area contributed by atoms with E-state index in [4.69, 9.17) is 11.6 Å². The highest BCUT2D eigenvalue weighted by atomic mass is 35.5. The number of aryl methyl sites for hydroxylation is 1. The zero-order valence-electron chi connectivity index (χ0n) is 12.5. The molecule has 0 aliphatic carbocycles. The summed E-state index contributed by atoms with van der Waals surface area (Å²) in [7, 11) is 1.54. The number of halogens is 1. The van der Waals surface area contributed by atoms with E-state index in [9.17, 15) is 9.59 Å². The number of nitrogens with zero attached hydrogens (tertiary/aromatic N) is 3. The van der Waals surface area contributed by atoms with E-state index in [1.54, 1.807) is 4.90 Å². The molecule has 3 rings (SSSR count). The topological polar surface area (TPSA) is 79.3 Å².